The highest BCUT2D eigenvalue weighted by Crippen LogP contribution is 2.22. The molecule has 2 aromatic rings. The highest BCUT2D eigenvalue weighted by molar-refractivity contribution is 7.14. The topological polar surface area (TPSA) is 67.4 Å². The molecule has 2 N–H and O–H groups in total. The molecule has 0 aliphatic heterocycles. The summed E-state index contributed by atoms with van der Waals surface area (Å²) in [5.74, 6) is 0.0795. The van der Waals surface area contributed by atoms with Crippen molar-refractivity contribution in [1.29, 1.82) is 0 Å². The molecule has 0 radical (unpaired) electrons. The van der Waals surface area contributed by atoms with Gasteiger partial charge < -0.3 is 4.74 Å². The van der Waals surface area contributed by atoms with Crippen LogP contribution < -0.4 is 15.6 Å². The summed E-state index contributed by atoms with van der Waals surface area (Å²) in [5, 5.41) is 0. The number of carbonyl (C=O) groups excluding carboxylic acids is 2. The summed E-state index contributed by atoms with van der Waals surface area (Å²) in [6, 6.07) is 9.23. The molecular weight excluding hydrogens is 336 g/mol. The van der Waals surface area contributed by atoms with Crippen LogP contribution in [0.15, 0.2) is 36.4 Å². The Bertz CT molecular complexity index is 763. The van der Waals surface area contributed by atoms with Crippen molar-refractivity contribution in [3.05, 3.63) is 57.3 Å². The van der Waals surface area contributed by atoms with E-state index in [0.717, 1.165) is 23.3 Å². The van der Waals surface area contributed by atoms with Crippen LogP contribution in [0, 0.1) is 6.92 Å². The van der Waals surface area contributed by atoms with E-state index in [1.165, 1.54) is 22.3 Å². The van der Waals surface area contributed by atoms with Gasteiger partial charge in [-0.1, -0.05) is 19.1 Å². The van der Waals surface area contributed by atoms with Gasteiger partial charge in [0.1, 0.15) is 5.75 Å². The van der Waals surface area contributed by atoms with Crippen LogP contribution in [0.4, 0.5) is 0 Å². The van der Waals surface area contributed by atoms with Gasteiger partial charge in [-0.2, -0.15) is 0 Å². The van der Waals surface area contributed by atoms with Crippen molar-refractivity contribution in [3.63, 3.8) is 0 Å². The predicted octanol–water partition coefficient (Wildman–Crippen LogP) is 3.49. The van der Waals surface area contributed by atoms with Crippen molar-refractivity contribution < 1.29 is 14.3 Å². The number of hydrogen-bond acceptors (Lipinski definition) is 4. The van der Waals surface area contributed by atoms with E-state index < -0.39 is 5.91 Å². The first-order chi connectivity index (χ1) is 12.0. The molecule has 0 saturated heterocycles. The molecule has 0 aliphatic carbocycles. The van der Waals surface area contributed by atoms with Crippen molar-refractivity contribution in [2.45, 2.75) is 27.2 Å². The molecular formula is C19H22N2O3S. The predicted molar refractivity (Wildman–Crippen MR) is 101 cm³/mol. The summed E-state index contributed by atoms with van der Waals surface area (Å²) in [6.07, 6.45) is 3.93. The minimum Gasteiger partial charge on any atom is -0.494 e. The molecule has 0 bridgehead atoms. The fourth-order valence-electron chi connectivity index (χ4n) is 2.22. The maximum atomic E-state index is 12.1. The minimum atomic E-state index is -0.397. The smallest absolute Gasteiger partial charge is 0.279 e. The summed E-state index contributed by atoms with van der Waals surface area (Å²) < 4.78 is 5.36. The highest BCUT2D eigenvalue weighted by atomic mass is 32.1. The Kier molecular flexibility index (Phi) is 6.77. The van der Waals surface area contributed by atoms with Crippen LogP contribution in [0.1, 0.15) is 39.5 Å². The van der Waals surface area contributed by atoms with Crippen LogP contribution in [0.3, 0.4) is 0 Å². The molecule has 25 heavy (non-hydrogen) atoms. The minimum absolute atomic E-state index is 0.310. The van der Waals surface area contributed by atoms with Crippen molar-refractivity contribution in [2.75, 3.05) is 6.61 Å². The van der Waals surface area contributed by atoms with Gasteiger partial charge in [0.15, 0.2) is 0 Å². The Morgan fingerprint density at radius 1 is 1.16 bits per heavy atom. The molecule has 0 unspecified atom stereocenters. The van der Waals surface area contributed by atoms with E-state index in [4.69, 9.17) is 4.74 Å². The van der Waals surface area contributed by atoms with E-state index >= 15 is 0 Å². The maximum Gasteiger partial charge on any atom is 0.279 e. The van der Waals surface area contributed by atoms with Gasteiger partial charge in [-0.3, -0.25) is 20.4 Å². The first-order valence-electron chi connectivity index (χ1n) is 8.14. The van der Waals surface area contributed by atoms with Crippen molar-refractivity contribution in [3.8, 4) is 5.75 Å². The van der Waals surface area contributed by atoms with Crippen molar-refractivity contribution >= 4 is 29.2 Å². The Morgan fingerprint density at radius 2 is 1.88 bits per heavy atom. The molecule has 0 aliphatic rings. The first kappa shape index (κ1) is 18.7. The lowest BCUT2D eigenvalue weighted by molar-refractivity contribution is -0.117. The fourth-order valence-corrected chi connectivity index (χ4v) is 3.23. The van der Waals surface area contributed by atoms with Gasteiger partial charge in [-0.25, -0.2) is 0 Å². The average molecular weight is 358 g/mol. The maximum absolute atomic E-state index is 12.1. The van der Waals surface area contributed by atoms with Crippen LogP contribution >= 0.6 is 11.3 Å². The third-order valence-electron chi connectivity index (χ3n) is 3.48. The Labute approximate surface area is 151 Å². The zero-order valence-electron chi connectivity index (χ0n) is 14.6. The number of hydrogen-bond donors (Lipinski definition) is 2. The number of hydrazine groups is 1. The molecule has 1 aromatic carbocycles. The van der Waals surface area contributed by atoms with Gasteiger partial charge in [0.05, 0.1) is 11.5 Å². The monoisotopic (exact) mass is 358 g/mol. The second-order valence-corrected chi connectivity index (χ2v) is 6.49. The number of nitrogens with one attached hydrogen (secondary N) is 2. The van der Waals surface area contributed by atoms with E-state index in [1.54, 1.807) is 6.08 Å². The van der Waals surface area contributed by atoms with Crippen molar-refractivity contribution in [2.24, 2.45) is 0 Å². The van der Waals surface area contributed by atoms with Crippen LogP contribution in [0.2, 0.25) is 0 Å². The standard InChI is InChI=1S/C19H22N2O3S/c1-4-16-13(3)12-17(25-16)19(23)21-20-18(22)11-8-14-6-9-15(10-7-14)24-5-2/h6-12H,4-5H2,1-3H3,(H,20,22)(H,21,23)/b11-8+. The van der Waals surface area contributed by atoms with E-state index in [1.807, 2.05) is 51.1 Å². The number of rotatable bonds is 6. The van der Waals surface area contributed by atoms with Crippen LogP contribution in [0.25, 0.3) is 6.08 Å². The number of ether oxygens (including phenoxy) is 1. The molecule has 0 spiro atoms. The summed E-state index contributed by atoms with van der Waals surface area (Å²) in [7, 11) is 0. The third kappa shape index (κ3) is 5.46. The molecule has 1 heterocycles. The summed E-state index contributed by atoms with van der Waals surface area (Å²) in [5.41, 5.74) is 6.78. The number of benzene rings is 1. The van der Waals surface area contributed by atoms with E-state index in [0.29, 0.717) is 11.5 Å². The molecule has 2 rings (SSSR count). The van der Waals surface area contributed by atoms with Crippen LogP contribution in [0.5, 0.6) is 5.75 Å². The third-order valence-corrected chi connectivity index (χ3v) is 4.86. The molecule has 0 saturated carbocycles. The van der Waals surface area contributed by atoms with Gasteiger partial charge >= 0.3 is 0 Å². The lowest BCUT2D eigenvalue weighted by atomic mass is 10.2. The van der Waals surface area contributed by atoms with Crippen molar-refractivity contribution in [1.82, 2.24) is 10.9 Å². The largest absolute Gasteiger partial charge is 0.494 e. The molecule has 2 amide bonds. The summed E-state index contributed by atoms with van der Waals surface area (Å²) in [4.78, 5) is 25.6. The quantitative estimate of drug-likeness (QED) is 0.613. The van der Waals surface area contributed by atoms with E-state index in [-0.39, 0.29) is 5.91 Å². The first-order valence-corrected chi connectivity index (χ1v) is 8.95. The molecule has 6 heteroatoms. The second kappa shape index (κ2) is 9.03. The molecule has 5 nitrogen and oxygen atoms in total. The molecule has 132 valence electrons. The van der Waals surface area contributed by atoms with E-state index in [2.05, 4.69) is 10.9 Å². The van der Waals surface area contributed by atoms with Gasteiger partial charge in [0, 0.05) is 11.0 Å². The Morgan fingerprint density at radius 3 is 2.48 bits per heavy atom. The van der Waals surface area contributed by atoms with Crippen LogP contribution in [-0.4, -0.2) is 18.4 Å². The van der Waals surface area contributed by atoms with Gasteiger partial charge in [-0.15, -0.1) is 11.3 Å². The lowest BCUT2D eigenvalue weighted by Gasteiger charge is -2.04. The molecule has 0 atom stereocenters. The summed E-state index contributed by atoms with van der Waals surface area (Å²) in [6.45, 7) is 6.56. The second-order valence-electron chi connectivity index (χ2n) is 5.35. The zero-order valence-corrected chi connectivity index (χ0v) is 15.4. The highest BCUT2D eigenvalue weighted by Gasteiger charge is 2.11. The van der Waals surface area contributed by atoms with Gasteiger partial charge in [0.2, 0.25) is 0 Å². The Hall–Kier alpha value is -2.60. The van der Waals surface area contributed by atoms with E-state index in [9.17, 15) is 9.59 Å². The van der Waals surface area contributed by atoms with Gasteiger partial charge in [-0.05, 0) is 55.7 Å². The zero-order chi connectivity index (χ0) is 18.2. The van der Waals surface area contributed by atoms with Crippen LogP contribution in [-0.2, 0) is 11.2 Å². The number of carbonyl (C=O) groups is 2. The normalized spacial score (nSPS) is 10.7. The number of thiophene rings is 1. The molecule has 0 fully saturated rings. The fraction of sp³-hybridized carbons (Fsp3) is 0.263. The van der Waals surface area contributed by atoms with Gasteiger partial charge in [0.25, 0.3) is 11.8 Å². The SMILES string of the molecule is CCOc1ccc(/C=C/C(=O)NNC(=O)c2cc(C)c(CC)s2)cc1. The molecule has 1 aromatic heterocycles. The number of aryl methyl sites for hydroxylation is 2. The average Bonchev–Trinajstić information content (AvgIpc) is 3.00. The number of amides is 2. The Balaban J connectivity index is 1.85. The summed E-state index contributed by atoms with van der Waals surface area (Å²) >= 11 is 1.44. The lowest BCUT2D eigenvalue weighted by Crippen LogP contribution is -2.40.